The number of hydrogen-bond donors (Lipinski definition) is 1. The molecule has 1 aliphatic heterocycles. The smallest absolute Gasteiger partial charge is 0.253 e. The number of hydrogen-bond acceptors (Lipinski definition) is 3. The Labute approximate surface area is 126 Å². The zero-order chi connectivity index (χ0) is 15.1. The molecule has 0 radical (unpaired) electrons. The zero-order valence-corrected chi connectivity index (χ0v) is 12.5. The standard InChI is InChI=1S/C17H22N2O2/c1-21-13-15-7-10-19(11-8-15)17(20)16-6-2-4-14(12-16)5-3-9-18/h2,4,6,12,15H,7-11,13,18H2,1H3. The molecular formula is C17H22N2O2. The van der Waals surface area contributed by atoms with Gasteiger partial charge in [0.05, 0.1) is 6.54 Å². The molecule has 1 heterocycles. The van der Waals surface area contributed by atoms with Gasteiger partial charge in [-0.3, -0.25) is 4.79 Å². The van der Waals surface area contributed by atoms with Gasteiger partial charge in [0.15, 0.2) is 0 Å². The van der Waals surface area contributed by atoms with Gasteiger partial charge in [-0.1, -0.05) is 17.9 Å². The van der Waals surface area contributed by atoms with E-state index in [-0.39, 0.29) is 5.91 Å². The van der Waals surface area contributed by atoms with Crippen molar-refractivity contribution in [3.8, 4) is 11.8 Å². The molecule has 1 aromatic carbocycles. The Morgan fingerprint density at radius 1 is 1.43 bits per heavy atom. The lowest BCUT2D eigenvalue weighted by Crippen LogP contribution is -2.39. The van der Waals surface area contributed by atoms with E-state index in [4.69, 9.17) is 10.5 Å². The number of ether oxygens (including phenoxy) is 1. The second kappa shape index (κ2) is 7.82. The Kier molecular flexibility index (Phi) is 5.79. The molecule has 112 valence electrons. The lowest BCUT2D eigenvalue weighted by atomic mass is 9.97. The number of rotatable bonds is 3. The van der Waals surface area contributed by atoms with E-state index in [0.29, 0.717) is 18.0 Å². The fourth-order valence-corrected chi connectivity index (χ4v) is 2.60. The average Bonchev–Trinajstić information content (AvgIpc) is 2.53. The van der Waals surface area contributed by atoms with Gasteiger partial charge < -0.3 is 15.4 Å². The number of amides is 1. The molecule has 1 aliphatic rings. The molecule has 4 heteroatoms. The number of methoxy groups -OCH3 is 1. The van der Waals surface area contributed by atoms with Crippen LogP contribution in [0.4, 0.5) is 0 Å². The molecule has 0 spiro atoms. The molecule has 2 N–H and O–H groups in total. The van der Waals surface area contributed by atoms with Gasteiger partial charge in [-0.15, -0.1) is 0 Å². The number of carbonyl (C=O) groups is 1. The van der Waals surface area contributed by atoms with Crippen molar-refractivity contribution in [1.82, 2.24) is 4.90 Å². The van der Waals surface area contributed by atoms with E-state index in [2.05, 4.69) is 11.8 Å². The van der Waals surface area contributed by atoms with Gasteiger partial charge in [0.2, 0.25) is 0 Å². The average molecular weight is 286 g/mol. The van der Waals surface area contributed by atoms with E-state index in [1.807, 2.05) is 29.2 Å². The number of nitrogens with zero attached hydrogens (tertiary/aromatic N) is 1. The van der Waals surface area contributed by atoms with Crippen LogP contribution in [0, 0.1) is 17.8 Å². The SMILES string of the molecule is COCC1CCN(C(=O)c2cccc(C#CCN)c2)CC1. The van der Waals surface area contributed by atoms with Gasteiger partial charge in [-0.25, -0.2) is 0 Å². The number of likely N-dealkylation sites (tertiary alicyclic amines) is 1. The van der Waals surface area contributed by atoms with Crippen LogP contribution in [0.1, 0.15) is 28.8 Å². The van der Waals surface area contributed by atoms with Crippen molar-refractivity contribution in [3.05, 3.63) is 35.4 Å². The first-order valence-electron chi connectivity index (χ1n) is 7.32. The van der Waals surface area contributed by atoms with Crippen LogP contribution >= 0.6 is 0 Å². The largest absolute Gasteiger partial charge is 0.384 e. The summed E-state index contributed by atoms with van der Waals surface area (Å²) in [5, 5.41) is 0. The molecule has 21 heavy (non-hydrogen) atoms. The molecular weight excluding hydrogens is 264 g/mol. The van der Waals surface area contributed by atoms with Gasteiger partial charge in [-0.05, 0) is 37.0 Å². The summed E-state index contributed by atoms with van der Waals surface area (Å²) in [5.41, 5.74) is 6.90. The monoisotopic (exact) mass is 286 g/mol. The summed E-state index contributed by atoms with van der Waals surface area (Å²) in [4.78, 5) is 14.4. The highest BCUT2D eigenvalue weighted by molar-refractivity contribution is 5.94. The number of benzene rings is 1. The van der Waals surface area contributed by atoms with Crippen molar-refractivity contribution in [1.29, 1.82) is 0 Å². The van der Waals surface area contributed by atoms with Gasteiger partial charge in [-0.2, -0.15) is 0 Å². The van der Waals surface area contributed by atoms with Crippen molar-refractivity contribution in [2.24, 2.45) is 11.7 Å². The molecule has 1 fully saturated rings. The Hall–Kier alpha value is -1.83. The summed E-state index contributed by atoms with van der Waals surface area (Å²) in [6.45, 7) is 2.70. The minimum absolute atomic E-state index is 0.0854. The van der Waals surface area contributed by atoms with E-state index < -0.39 is 0 Å². The molecule has 0 saturated carbocycles. The third-order valence-corrected chi connectivity index (χ3v) is 3.75. The predicted octanol–water partition coefficient (Wildman–Crippen LogP) is 1.50. The maximum atomic E-state index is 12.5. The molecule has 0 atom stereocenters. The number of nitrogens with two attached hydrogens (primary N) is 1. The van der Waals surface area contributed by atoms with Gasteiger partial charge in [0.25, 0.3) is 5.91 Å². The lowest BCUT2D eigenvalue weighted by molar-refractivity contribution is 0.0613. The van der Waals surface area contributed by atoms with E-state index in [1.165, 1.54) is 0 Å². The maximum absolute atomic E-state index is 12.5. The summed E-state index contributed by atoms with van der Waals surface area (Å²) < 4.78 is 5.19. The summed E-state index contributed by atoms with van der Waals surface area (Å²) >= 11 is 0. The molecule has 0 aromatic heterocycles. The topological polar surface area (TPSA) is 55.6 Å². The van der Waals surface area contributed by atoms with Crippen molar-refractivity contribution >= 4 is 5.91 Å². The zero-order valence-electron chi connectivity index (χ0n) is 12.5. The third-order valence-electron chi connectivity index (χ3n) is 3.75. The molecule has 1 amide bonds. The minimum atomic E-state index is 0.0854. The molecule has 0 bridgehead atoms. The highest BCUT2D eigenvalue weighted by Gasteiger charge is 2.23. The van der Waals surface area contributed by atoms with E-state index >= 15 is 0 Å². The number of piperidine rings is 1. The van der Waals surface area contributed by atoms with Crippen molar-refractivity contribution in [2.75, 3.05) is 33.4 Å². The third kappa shape index (κ3) is 4.32. The van der Waals surface area contributed by atoms with Crippen LogP contribution in [0.3, 0.4) is 0 Å². The summed E-state index contributed by atoms with van der Waals surface area (Å²) in [5.74, 6) is 6.43. The van der Waals surface area contributed by atoms with E-state index in [1.54, 1.807) is 7.11 Å². The Morgan fingerprint density at radius 3 is 2.86 bits per heavy atom. The second-order valence-electron chi connectivity index (χ2n) is 5.28. The van der Waals surface area contributed by atoms with Crippen LogP contribution in [0.2, 0.25) is 0 Å². The first kappa shape index (κ1) is 15.6. The van der Waals surface area contributed by atoms with Crippen LogP contribution in [0.15, 0.2) is 24.3 Å². The quantitative estimate of drug-likeness (QED) is 0.857. The fraction of sp³-hybridized carbons (Fsp3) is 0.471. The maximum Gasteiger partial charge on any atom is 0.253 e. The van der Waals surface area contributed by atoms with Crippen LogP contribution in [0.5, 0.6) is 0 Å². The van der Waals surface area contributed by atoms with E-state index in [9.17, 15) is 4.79 Å². The van der Waals surface area contributed by atoms with Crippen LogP contribution in [-0.4, -0.2) is 44.2 Å². The predicted molar refractivity (Wildman–Crippen MR) is 82.9 cm³/mol. The van der Waals surface area contributed by atoms with Crippen LogP contribution in [0.25, 0.3) is 0 Å². The van der Waals surface area contributed by atoms with Gasteiger partial charge >= 0.3 is 0 Å². The molecule has 0 aliphatic carbocycles. The highest BCUT2D eigenvalue weighted by atomic mass is 16.5. The first-order chi connectivity index (χ1) is 10.2. The summed E-state index contributed by atoms with van der Waals surface area (Å²) in [6, 6.07) is 7.44. The summed E-state index contributed by atoms with van der Waals surface area (Å²) in [7, 11) is 1.73. The first-order valence-corrected chi connectivity index (χ1v) is 7.32. The Balaban J connectivity index is 2.00. The van der Waals surface area contributed by atoms with Gasteiger partial charge in [0, 0.05) is 37.9 Å². The van der Waals surface area contributed by atoms with Crippen molar-refractivity contribution in [2.45, 2.75) is 12.8 Å². The number of carbonyl (C=O) groups excluding carboxylic acids is 1. The Bertz CT molecular complexity index is 537. The Morgan fingerprint density at radius 2 is 2.19 bits per heavy atom. The highest BCUT2D eigenvalue weighted by Crippen LogP contribution is 2.19. The molecule has 1 aromatic rings. The fourth-order valence-electron chi connectivity index (χ4n) is 2.60. The van der Waals surface area contributed by atoms with Gasteiger partial charge in [0.1, 0.15) is 0 Å². The second-order valence-corrected chi connectivity index (χ2v) is 5.28. The van der Waals surface area contributed by atoms with Crippen LogP contribution in [-0.2, 0) is 4.74 Å². The molecule has 0 unspecified atom stereocenters. The van der Waals surface area contributed by atoms with Crippen molar-refractivity contribution in [3.63, 3.8) is 0 Å². The summed E-state index contributed by atoms with van der Waals surface area (Å²) in [6.07, 6.45) is 2.01. The van der Waals surface area contributed by atoms with Crippen molar-refractivity contribution < 1.29 is 9.53 Å². The molecule has 1 saturated heterocycles. The molecule has 2 rings (SSSR count). The van der Waals surface area contributed by atoms with E-state index in [0.717, 1.165) is 38.1 Å². The van der Waals surface area contributed by atoms with Crippen LogP contribution < -0.4 is 5.73 Å². The normalized spacial score (nSPS) is 15.4. The lowest BCUT2D eigenvalue weighted by Gasteiger charge is -2.31. The minimum Gasteiger partial charge on any atom is -0.384 e. The molecule has 4 nitrogen and oxygen atoms in total.